The highest BCUT2D eigenvalue weighted by atomic mass is 32.2. The average molecular weight is 416 g/mol. The van der Waals surface area contributed by atoms with Crippen molar-refractivity contribution in [1.82, 2.24) is 14.5 Å². The van der Waals surface area contributed by atoms with Crippen LogP contribution in [-0.4, -0.2) is 41.9 Å². The number of nitrogens with zero attached hydrogens (tertiary/aromatic N) is 3. The summed E-state index contributed by atoms with van der Waals surface area (Å²) in [7, 11) is -3.60. The maximum Gasteiger partial charge on any atom is 0.250 e. The number of hydrogen-bond donors (Lipinski definition) is 1. The van der Waals surface area contributed by atoms with E-state index in [2.05, 4.69) is 15.5 Å². The van der Waals surface area contributed by atoms with Crippen LogP contribution >= 0.6 is 0 Å². The number of rotatable bonds is 5. The summed E-state index contributed by atoms with van der Waals surface area (Å²) in [6.45, 7) is 2.13. The molecule has 29 heavy (non-hydrogen) atoms. The SMILES string of the molecule is CC(=O)Nc1ccc(S(=O)(=O)N2CCC(c3nnc(-c4ccoc4)o3)CC2)cc1. The van der Waals surface area contributed by atoms with Gasteiger partial charge >= 0.3 is 0 Å². The van der Waals surface area contributed by atoms with Gasteiger partial charge in [-0.1, -0.05) is 0 Å². The molecule has 1 aromatic carbocycles. The van der Waals surface area contributed by atoms with Crippen molar-refractivity contribution in [2.24, 2.45) is 0 Å². The number of anilines is 1. The van der Waals surface area contributed by atoms with Crippen molar-refractivity contribution in [2.45, 2.75) is 30.6 Å². The van der Waals surface area contributed by atoms with Crippen LogP contribution in [0, 0.1) is 0 Å². The van der Waals surface area contributed by atoms with E-state index in [1.54, 1.807) is 18.2 Å². The van der Waals surface area contributed by atoms with Crippen molar-refractivity contribution in [3.63, 3.8) is 0 Å². The lowest BCUT2D eigenvalue weighted by molar-refractivity contribution is -0.114. The summed E-state index contributed by atoms with van der Waals surface area (Å²) in [6, 6.07) is 7.90. The first kappa shape index (κ1) is 19.3. The van der Waals surface area contributed by atoms with Crippen molar-refractivity contribution in [3.05, 3.63) is 48.7 Å². The van der Waals surface area contributed by atoms with Crippen molar-refractivity contribution in [3.8, 4) is 11.5 Å². The van der Waals surface area contributed by atoms with Gasteiger partial charge in [-0.2, -0.15) is 4.31 Å². The second-order valence-electron chi connectivity index (χ2n) is 6.84. The fourth-order valence-corrected chi connectivity index (χ4v) is 4.78. The molecule has 1 aliphatic rings. The van der Waals surface area contributed by atoms with E-state index >= 15 is 0 Å². The normalized spacial score (nSPS) is 16.0. The number of carbonyl (C=O) groups is 1. The molecule has 3 heterocycles. The van der Waals surface area contributed by atoms with Crippen molar-refractivity contribution >= 4 is 21.6 Å². The Morgan fingerprint density at radius 1 is 1.14 bits per heavy atom. The third kappa shape index (κ3) is 4.08. The number of nitrogens with one attached hydrogen (secondary N) is 1. The van der Waals surface area contributed by atoms with Crippen LogP contribution in [0.15, 0.2) is 56.6 Å². The first-order valence-corrected chi connectivity index (χ1v) is 10.6. The van der Waals surface area contributed by atoms with Gasteiger partial charge in [0.05, 0.1) is 16.7 Å². The van der Waals surface area contributed by atoms with Gasteiger partial charge in [0.2, 0.25) is 21.8 Å². The van der Waals surface area contributed by atoms with Crippen LogP contribution in [0.2, 0.25) is 0 Å². The Bertz CT molecular complexity index is 1080. The largest absolute Gasteiger partial charge is 0.472 e. The molecular formula is C19H20N4O5S. The molecule has 1 amide bonds. The zero-order valence-electron chi connectivity index (χ0n) is 15.7. The summed E-state index contributed by atoms with van der Waals surface area (Å²) < 4.78 is 38.0. The molecule has 0 atom stereocenters. The van der Waals surface area contributed by atoms with Gasteiger partial charge in [0.25, 0.3) is 5.89 Å². The second-order valence-corrected chi connectivity index (χ2v) is 8.78. The molecule has 9 nitrogen and oxygen atoms in total. The zero-order valence-corrected chi connectivity index (χ0v) is 16.6. The lowest BCUT2D eigenvalue weighted by Gasteiger charge is -2.29. The molecule has 2 aromatic heterocycles. The zero-order chi connectivity index (χ0) is 20.4. The highest BCUT2D eigenvalue weighted by molar-refractivity contribution is 7.89. The van der Waals surface area contributed by atoms with Gasteiger partial charge in [0.15, 0.2) is 0 Å². The van der Waals surface area contributed by atoms with Gasteiger partial charge in [0.1, 0.15) is 6.26 Å². The van der Waals surface area contributed by atoms with Crippen LogP contribution in [0.3, 0.4) is 0 Å². The average Bonchev–Trinajstić information content (AvgIpc) is 3.40. The van der Waals surface area contributed by atoms with E-state index in [0.717, 1.165) is 0 Å². The first-order valence-electron chi connectivity index (χ1n) is 9.17. The lowest BCUT2D eigenvalue weighted by Crippen LogP contribution is -2.37. The van der Waals surface area contributed by atoms with Crippen LogP contribution in [0.25, 0.3) is 11.5 Å². The van der Waals surface area contributed by atoms with E-state index in [1.807, 2.05) is 0 Å². The minimum Gasteiger partial charge on any atom is -0.472 e. The minimum absolute atomic E-state index is 0.0109. The second kappa shape index (κ2) is 7.80. The highest BCUT2D eigenvalue weighted by Crippen LogP contribution is 2.31. The van der Waals surface area contributed by atoms with Crippen molar-refractivity contribution in [2.75, 3.05) is 18.4 Å². The van der Waals surface area contributed by atoms with E-state index in [1.165, 1.54) is 35.9 Å². The molecule has 10 heteroatoms. The molecule has 3 aromatic rings. The standard InChI is InChI=1S/C19H20N4O5S/c1-13(24)20-16-2-4-17(5-3-16)29(25,26)23-9-6-14(7-10-23)18-21-22-19(28-18)15-8-11-27-12-15/h2-5,8,11-12,14H,6-7,9-10H2,1H3,(H,20,24). The molecule has 0 unspecified atom stereocenters. The molecule has 1 saturated heterocycles. The highest BCUT2D eigenvalue weighted by Gasteiger charge is 2.32. The summed E-state index contributed by atoms with van der Waals surface area (Å²) in [4.78, 5) is 11.3. The Balaban J connectivity index is 1.41. The number of furan rings is 1. The third-order valence-corrected chi connectivity index (χ3v) is 6.74. The van der Waals surface area contributed by atoms with Crippen LogP contribution < -0.4 is 5.32 Å². The third-order valence-electron chi connectivity index (χ3n) is 4.82. The molecule has 0 aliphatic carbocycles. The number of hydrogen-bond acceptors (Lipinski definition) is 7. The Morgan fingerprint density at radius 2 is 1.86 bits per heavy atom. The predicted octanol–water partition coefficient (Wildman–Crippen LogP) is 2.86. The molecule has 0 radical (unpaired) electrons. The van der Waals surface area contributed by atoms with Gasteiger partial charge in [-0.3, -0.25) is 4.79 Å². The summed E-state index contributed by atoms with van der Waals surface area (Å²) in [5.74, 6) is 0.706. The Hall–Kier alpha value is -2.98. The molecule has 1 fully saturated rings. The van der Waals surface area contributed by atoms with Crippen molar-refractivity contribution < 1.29 is 22.0 Å². The number of piperidine rings is 1. The molecule has 1 N–H and O–H groups in total. The lowest BCUT2D eigenvalue weighted by atomic mass is 9.98. The van der Waals surface area contributed by atoms with Crippen LogP contribution in [0.5, 0.6) is 0 Å². The van der Waals surface area contributed by atoms with Crippen LogP contribution in [-0.2, 0) is 14.8 Å². The Morgan fingerprint density at radius 3 is 2.48 bits per heavy atom. The topological polar surface area (TPSA) is 119 Å². The van der Waals surface area contributed by atoms with E-state index in [0.29, 0.717) is 49.0 Å². The van der Waals surface area contributed by atoms with Gasteiger partial charge in [0, 0.05) is 31.6 Å². The molecule has 0 bridgehead atoms. The summed E-state index contributed by atoms with van der Waals surface area (Å²) >= 11 is 0. The molecule has 152 valence electrons. The summed E-state index contributed by atoms with van der Waals surface area (Å²) in [5.41, 5.74) is 1.27. The summed E-state index contributed by atoms with van der Waals surface area (Å²) in [5, 5.41) is 10.8. The van der Waals surface area contributed by atoms with Gasteiger partial charge in [-0.05, 0) is 43.2 Å². The number of amides is 1. The number of aromatic nitrogens is 2. The van der Waals surface area contributed by atoms with E-state index in [4.69, 9.17) is 8.83 Å². The van der Waals surface area contributed by atoms with E-state index in [9.17, 15) is 13.2 Å². The number of sulfonamides is 1. The van der Waals surface area contributed by atoms with Crippen molar-refractivity contribution in [1.29, 1.82) is 0 Å². The predicted molar refractivity (Wildman–Crippen MR) is 103 cm³/mol. The van der Waals surface area contributed by atoms with Gasteiger partial charge in [-0.15, -0.1) is 10.2 Å². The maximum atomic E-state index is 12.9. The number of benzene rings is 1. The van der Waals surface area contributed by atoms with Crippen LogP contribution in [0.4, 0.5) is 5.69 Å². The van der Waals surface area contributed by atoms with E-state index < -0.39 is 10.0 Å². The summed E-state index contributed by atoms with van der Waals surface area (Å²) in [6.07, 6.45) is 4.25. The van der Waals surface area contributed by atoms with E-state index in [-0.39, 0.29) is 16.7 Å². The fraction of sp³-hybridized carbons (Fsp3) is 0.316. The van der Waals surface area contributed by atoms with Gasteiger partial charge < -0.3 is 14.2 Å². The maximum absolute atomic E-state index is 12.9. The van der Waals surface area contributed by atoms with Crippen LogP contribution in [0.1, 0.15) is 31.6 Å². The monoisotopic (exact) mass is 416 g/mol. The Kier molecular flexibility index (Phi) is 5.20. The quantitative estimate of drug-likeness (QED) is 0.679. The fourth-order valence-electron chi connectivity index (χ4n) is 3.31. The smallest absolute Gasteiger partial charge is 0.250 e. The molecule has 0 saturated carbocycles. The minimum atomic E-state index is -3.60. The molecule has 1 aliphatic heterocycles. The molecular weight excluding hydrogens is 396 g/mol. The Labute approximate surface area is 167 Å². The first-order chi connectivity index (χ1) is 13.9. The molecule has 4 rings (SSSR count). The molecule has 0 spiro atoms. The number of carbonyl (C=O) groups excluding carboxylic acids is 1. The van der Waals surface area contributed by atoms with Gasteiger partial charge in [-0.25, -0.2) is 8.42 Å².